The van der Waals surface area contributed by atoms with Crippen LogP contribution in [0.4, 0.5) is 5.82 Å². The highest BCUT2D eigenvalue weighted by molar-refractivity contribution is 5.84. The standard InChI is InChI=1S/C17H21N3O2.C3H9N.C3H4O.CH4O/c18-14(13-3-1-2-4-16(13)21)9-12-10-15(20-17(12)19)11-5-7-22-8-6-11;1-4(2)3;1-2-3-4;1-2/h1-4,9-11,20-21H,5-8,18-19H2;1-3H3;2-3H,1H2;2H,1H3/b14-9-;;;. The second-order valence-corrected chi connectivity index (χ2v) is 7.31. The molecule has 2 heterocycles. The Labute approximate surface area is 191 Å². The van der Waals surface area contributed by atoms with Gasteiger partial charge in [-0.1, -0.05) is 18.7 Å². The Morgan fingerprint density at radius 3 is 2.25 bits per heavy atom. The smallest absolute Gasteiger partial charge is 0.142 e. The normalized spacial score (nSPS) is 13.5. The van der Waals surface area contributed by atoms with Gasteiger partial charge in [0.25, 0.3) is 0 Å². The molecule has 1 aromatic heterocycles. The maximum absolute atomic E-state index is 9.86. The van der Waals surface area contributed by atoms with Crippen LogP contribution in [-0.2, 0) is 9.53 Å². The summed E-state index contributed by atoms with van der Waals surface area (Å²) in [6, 6.07) is 9.04. The number of phenolic OH excluding ortho intramolecular Hbond substituents is 1. The van der Waals surface area contributed by atoms with E-state index in [-0.39, 0.29) is 5.75 Å². The number of nitrogen functional groups attached to an aromatic ring is 1. The Kier molecular flexibility index (Phi) is 15.0. The number of aromatic nitrogens is 1. The van der Waals surface area contributed by atoms with E-state index in [1.165, 1.54) is 6.08 Å². The van der Waals surface area contributed by atoms with Crippen molar-refractivity contribution in [2.24, 2.45) is 5.73 Å². The molecular formula is C24H38N4O4. The fourth-order valence-electron chi connectivity index (χ4n) is 2.82. The van der Waals surface area contributed by atoms with Gasteiger partial charge in [-0.05, 0) is 64.3 Å². The molecule has 0 radical (unpaired) electrons. The lowest BCUT2D eigenvalue weighted by molar-refractivity contribution is -0.104. The molecule has 2 aromatic rings. The molecule has 7 N–H and O–H groups in total. The monoisotopic (exact) mass is 446 g/mol. The number of aromatic hydroxyl groups is 1. The van der Waals surface area contributed by atoms with E-state index in [0.717, 1.165) is 44.4 Å². The fourth-order valence-corrected chi connectivity index (χ4v) is 2.82. The van der Waals surface area contributed by atoms with Gasteiger partial charge in [0.2, 0.25) is 0 Å². The minimum atomic E-state index is 0.162. The van der Waals surface area contributed by atoms with Gasteiger partial charge in [0.05, 0.1) is 0 Å². The van der Waals surface area contributed by atoms with Gasteiger partial charge in [-0.25, -0.2) is 0 Å². The number of aromatic amines is 1. The molecule has 1 aromatic carbocycles. The van der Waals surface area contributed by atoms with Crippen LogP contribution < -0.4 is 11.5 Å². The van der Waals surface area contributed by atoms with E-state index in [4.69, 9.17) is 26.1 Å². The average Bonchev–Trinajstić information content (AvgIpc) is 3.16. The van der Waals surface area contributed by atoms with Crippen LogP contribution >= 0.6 is 0 Å². The van der Waals surface area contributed by atoms with Crippen LogP contribution in [-0.4, -0.2) is 67.8 Å². The third-order valence-electron chi connectivity index (χ3n) is 4.18. The zero-order valence-corrected chi connectivity index (χ0v) is 19.5. The number of aliphatic hydroxyl groups excluding tert-OH is 1. The zero-order valence-electron chi connectivity index (χ0n) is 19.5. The lowest BCUT2D eigenvalue weighted by Gasteiger charge is -2.20. The lowest BCUT2D eigenvalue weighted by Crippen LogP contribution is -2.14. The Morgan fingerprint density at radius 1 is 1.22 bits per heavy atom. The second kappa shape index (κ2) is 16.6. The van der Waals surface area contributed by atoms with Crippen molar-refractivity contribution in [2.45, 2.75) is 18.8 Å². The van der Waals surface area contributed by atoms with Gasteiger partial charge in [0.1, 0.15) is 17.9 Å². The number of hydrogen-bond donors (Lipinski definition) is 5. The number of allylic oxidation sites excluding steroid dienone is 1. The highest BCUT2D eigenvalue weighted by Crippen LogP contribution is 2.30. The molecule has 1 saturated heterocycles. The number of H-pyrrole nitrogens is 1. The van der Waals surface area contributed by atoms with Crippen molar-refractivity contribution >= 4 is 23.9 Å². The number of carbonyl (C=O) groups is 1. The molecule has 0 spiro atoms. The lowest BCUT2D eigenvalue weighted by atomic mass is 9.96. The third-order valence-corrected chi connectivity index (χ3v) is 4.18. The van der Waals surface area contributed by atoms with Crippen molar-refractivity contribution in [3.63, 3.8) is 0 Å². The summed E-state index contributed by atoms with van der Waals surface area (Å²) in [5.74, 6) is 1.21. The van der Waals surface area contributed by atoms with Gasteiger partial charge >= 0.3 is 0 Å². The summed E-state index contributed by atoms with van der Waals surface area (Å²) in [6.07, 6.45) is 5.62. The van der Waals surface area contributed by atoms with E-state index in [1.54, 1.807) is 24.3 Å². The van der Waals surface area contributed by atoms with E-state index in [1.807, 2.05) is 38.2 Å². The first-order valence-corrected chi connectivity index (χ1v) is 10.2. The van der Waals surface area contributed by atoms with Crippen molar-refractivity contribution in [1.82, 2.24) is 9.88 Å². The average molecular weight is 447 g/mol. The largest absolute Gasteiger partial charge is 0.507 e. The van der Waals surface area contributed by atoms with E-state index in [2.05, 4.69) is 11.6 Å². The van der Waals surface area contributed by atoms with E-state index < -0.39 is 0 Å². The topological polar surface area (TPSA) is 138 Å². The third kappa shape index (κ3) is 10.8. The first kappa shape index (κ1) is 28.9. The number of carbonyl (C=O) groups excluding carboxylic acids is 1. The van der Waals surface area contributed by atoms with Gasteiger partial charge in [0.15, 0.2) is 0 Å². The van der Waals surface area contributed by atoms with Crippen molar-refractivity contribution < 1.29 is 19.7 Å². The number of para-hydroxylation sites is 1. The molecule has 1 fully saturated rings. The molecule has 178 valence electrons. The van der Waals surface area contributed by atoms with Gasteiger partial charge in [-0.3, -0.25) is 4.79 Å². The van der Waals surface area contributed by atoms with Crippen LogP contribution in [0.5, 0.6) is 5.75 Å². The summed E-state index contributed by atoms with van der Waals surface area (Å²) in [6.45, 7) is 4.68. The second-order valence-electron chi connectivity index (χ2n) is 7.31. The molecular weight excluding hydrogens is 408 g/mol. The minimum absolute atomic E-state index is 0.162. The molecule has 0 atom stereocenters. The Hall–Kier alpha value is -3.07. The summed E-state index contributed by atoms with van der Waals surface area (Å²) in [4.78, 5) is 14.3. The summed E-state index contributed by atoms with van der Waals surface area (Å²) >= 11 is 0. The summed E-state index contributed by atoms with van der Waals surface area (Å²) < 4.78 is 5.39. The Bertz CT molecular complexity index is 816. The van der Waals surface area contributed by atoms with Gasteiger partial charge < -0.3 is 36.3 Å². The SMILES string of the molecule is C=CC=O.CN(C)C.CO.N/C(=C\c1cc(C2CCOCC2)[nH]c1N)c1ccccc1O. The van der Waals surface area contributed by atoms with E-state index >= 15 is 0 Å². The van der Waals surface area contributed by atoms with Crippen LogP contribution in [0.25, 0.3) is 11.8 Å². The number of aldehydes is 1. The molecule has 0 aliphatic carbocycles. The number of benzene rings is 1. The highest BCUT2D eigenvalue weighted by atomic mass is 16.5. The van der Waals surface area contributed by atoms with Crippen molar-refractivity contribution in [2.75, 3.05) is 47.2 Å². The van der Waals surface area contributed by atoms with Crippen LogP contribution in [0.3, 0.4) is 0 Å². The number of aliphatic hydroxyl groups is 1. The van der Waals surface area contributed by atoms with Crippen molar-refractivity contribution in [3.8, 4) is 5.75 Å². The first-order valence-electron chi connectivity index (χ1n) is 10.2. The maximum Gasteiger partial charge on any atom is 0.142 e. The molecule has 1 aliphatic heterocycles. The number of phenols is 1. The van der Waals surface area contributed by atoms with Crippen LogP contribution in [0, 0.1) is 0 Å². The molecule has 0 bridgehead atoms. The molecule has 3 rings (SSSR count). The minimum Gasteiger partial charge on any atom is -0.507 e. The van der Waals surface area contributed by atoms with Gasteiger partial charge in [-0.15, -0.1) is 0 Å². The Morgan fingerprint density at radius 2 is 1.75 bits per heavy atom. The zero-order chi connectivity index (χ0) is 24.5. The fraction of sp³-hybridized carbons (Fsp3) is 0.375. The summed E-state index contributed by atoms with van der Waals surface area (Å²) in [7, 11) is 7.00. The number of nitrogens with two attached hydrogens (primary N) is 2. The number of hydrogen-bond acceptors (Lipinski definition) is 7. The molecule has 0 saturated carbocycles. The van der Waals surface area contributed by atoms with Crippen molar-refractivity contribution in [1.29, 1.82) is 0 Å². The van der Waals surface area contributed by atoms with Crippen LogP contribution in [0.15, 0.2) is 43.0 Å². The number of ether oxygens (including phenoxy) is 1. The number of rotatable bonds is 4. The molecule has 8 heteroatoms. The van der Waals surface area contributed by atoms with Gasteiger partial charge in [0, 0.05) is 48.8 Å². The predicted molar refractivity (Wildman–Crippen MR) is 132 cm³/mol. The van der Waals surface area contributed by atoms with E-state index in [0.29, 0.717) is 29.3 Å². The maximum atomic E-state index is 9.86. The quantitative estimate of drug-likeness (QED) is 0.360. The number of nitrogens with zero attached hydrogens (tertiary/aromatic N) is 1. The molecule has 0 unspecified atom stereocenters. The molecule has 8 nitrogen and oxygen atoms in total. The summed E-state index contributed by atoms with van der Waals surface area (Å²) in [5, 5.41) is 16.9. The number of nitrogens with one attached hydrogen (secondary N) is 1. The van der Waals surface area contributed by atoms with Crippen molar-refractivity contribution in [3.05, 3.63) is 59.8 Å². The van der Waals surface area contributed by atoms with E-state index in [9.17, 15) is 5.11 Å². The van der Waals surface area contributed by atoms with Gasteiger partial charge in [-0.2, -0.15) is 0 Å². The first-order chi connectivity index (χ1) is 15.3. The molecule has 32 heavy (non-hydrogen) atoms. The Balaban J connectivity index is 0.000000821. The molecule has 1 aliphatic rings. The van der Waals surface area contributed by atoms with Crippen LogP contribution in [0.1, 0.15) is 35.6 Å². The van der Waals surface area contributed by atoms with Crippen LogP contribution in [0.2, 0.25) is 0 Å². The predicted octanol–water partition coefficient (Wildman–Crippen LogP) is 2.81. The summed E-state index contributed by atoms with van der Waals surface area (Å²) in [5.41, 5.74) is 15.2. The highest BCUT2D eigenvalue weighted by Gasteiger charge is 2.18. The number of anilines is 1. The molecule has 0 amide bonds.